The van der Waals surface area contributed by atoms with E-state index in [1.165, 1.54) is 0 Å². The molecule has 0 bridgehead atoms. The Balaban J connectivity index is 1.70. The molecule has 1 aromatic carbocycles. The number of H-pyrrole nitrogens is 1. The number of nitrogens with zero attached hydrogens (tertiary/aromatic N) is 3. The van der Waals surface area contributed by atoms with Gasteiger partial charge in [0.2, 0.25) is 0 Å². The number of hydrogen-bond acceptors (Lipinski definition) is 6. The Bertz CT molecular complexity index is 999. The topological polar surface area (TPSA) is 78.5 Å². The molecule has 0 unspecified atom stereocenters. The van der Waals surface area contributed by atoms with Crippen LogP contribution in [0.4, 0.5) is 11.5 Å². The van der Waals surface area contributed by atoms with Crippen molar-refractivity contribution in [3.05, 3.63) is 61.2 Å². The number of benzene rings is 1. The highest BCUT2D eigenvalue weighted by molar-refractivity contribution is 7.97. The summed E-state index contributed by atoms with van der Waals surface area (Å²) >= 11 is 1.57. The van der Waals surface area contributed by atoms with E-state index in [0.29, 0.717) is 0 Å². The first kappa shape index (κ1) is 15.6. The third kappa shape index (κ3) is 3.33. The van der Waals surface area contributed by atoms with Crippen LogP contribution in [0.2, 0.25) is 0 Å². The van der Waals surface area contributed by atoms with Gasteiger partial charge in [-0.25, -0.2) is 9.97 Å². The maximum absolute atomic E-state index is 4.41. The van der Waals surface area contributed by atoms with E-state index < -0.39 is 0 Å². The van der Waals surface area contributed by atoms with E-state index in [1.54, 1.807) is 30.7 Å². The number of aromatic nitrogens is 4. The molecule has 3 aromatic heterocycles. The molecular weight excluding hydrogens is 332 g/mol. The van der Waals surface area contributed by atoms with Crippen molar-refractivity contribution in [2.75, 3.05) is 12.4 Å². The minimum atomic E-state index is 0.771. The maximum atomic E-state index is 4.41. The molecule has 0 amide bonds. The molecule has 0 atom stereocenters. The van der Waals surface area contributed by atoms with Gasteiger partial charge in [-0.1, -0.05) is 6.07 Å². The standard InChI is InChI=1S/C18H16N6S/c1-19-25-14-4-2-3-13(9-14)23-17-15-10-16(12-5-7-20-8-6-12)24-18(15)22-11-21-17/h2-11,19H,1H3,(H2,21,22,23,24). The molecule has 0 radical (unpaired) electrons. The average Bonchev–Trinajstić information content (AvgIpc) is 3.09. The first-order chi connectivity index (χ1) is 12.3. The van der Waals surface area contributed by atoms with Gasteiger partial charge in [0, 0.05) is 34.2 Å². The van der Waals surface area contributed by atoms with E-state index in [1.807, 2.05) is 31.3 Å². The van der Waals surface area contributed by atoms with Gasteiger partial charge in [-0.15, -0.1) is 0 Å². The number of pyridine rings is 1. The summed E-state index contributed by atoms with van der Waals surface area (Å²) in [5.74, 6) is 0.771. The fraction of sp³-hybridized carbons (Fsp3) is 0.0556. The lowest BCUT2D eigenvalue weighted by molar-refractivity contribution is 1.20. The molecule has 0 aliphatic heterocycles. The van der Waals surface area contributed by atoms with Gasteiger partial charge in [-0.3, -0.25) is 9.71 Å². The lowest BCUT2D eigenvalue weighted by Crippen LogP contribution is -1.96. The van der Waals surface area contributed by atoms with Crippen LogP contribution in [-0.2, 0) is 0 Å². The van der Waals surface area contributed by atoms with Gasteiger partial charge in [-0.05, 0) is 55.4 Å². The van der Waals surface area contributed by atoms with Gasteiger partial charge in [-0.2, -0.15) is 0 Å². The average molecular weight is 348 g/mol. The lowest BCUT2D eigenvalue weighted by Gasteiger charge is -2.07. The SMILES string of the molecule is CNSc1cccc(Nc2ncnc3[nH]c(-c4ccncc4)cc23)c1. The highest BCUT2D eigenvalue weighted by Crippen LogP contribution is 2.29. The quantitative estimate of drug-likeness (QED) is 0.473. The van der Waals surface area contributed by atoms with Crippen molar-refractivity contribution in [3.8, 4) is 11.3 Å². The van der Waals surface area contributed by atoms with E-state index in [2.05, 4.69) is 48.2 Å². The third-order valence-electron chi connectivity index (χ3n) is 3.73. The van der Waals surface area contributed by atoms with Crippen molar-refractivity contribution in [2.45, 2.75) is 4.90 Å². The van der Waals surface area contributed by atoms with Crippen molar-refractivity contribution < 1.29 is 0 Å². The van der Waals surface area contributed by atoms with Gasteiger partial charge < -0.3 is 10.3 Å². The number of hydrogen-bond donors (Lipinski definition) is 3. The van der Waals surface area contributed by atoms with Crippen LogP contribution in [0.1, 0.15) is 0 Å². The molecule has 7 heteroatoms. The minimum absolute atomic E-state index is 0.771. The summed E-state index contributed by atoms with van der Waals surface area (Å²) in [5, 5.41) is 4.33. The molecule has 0 spiro atoms. The summed E-state index contributed by atoms with van der Waals surface area (Å²) in [7, 11) is 1.90. The molecule has 6 nitrogen and oxygen atoms in total. The van der Waals surface area contributed by atoms with Gasteiger partial charge >= 0.3 is 0 Å². The fourth-order valence-electron chi connectivity index (χ4n) is 2.62. The van der Waals surface area contributed by atoms with Crippen molar-refractivity contribution in [2.24, 2.45) is 0 Å². The first-order valence-corrected chi connectivity index (χ1v) is 8.60. The molecule has 0 saturated heterocycles. The third-order valence-corrected chi connectivity index (χ3v) is 4.43. The molecular formula is C18H16N6S. The Morgan fingerprint density at radius 3 is 2.76 bits per heavy atom. The van der Waals surface area contributed by atoms with Gasteiger partial charge in [0.15, 0.2) is 0 Å². The summed E-state index contributed by atoms with van der Waals surface area (Å²) in [6, 6.07) is 14.1. The van der Waals surface area contributed by atoms with Crippen molar-refractivity contribution in [3.63, 3.8) is 0 Å². The molecule has 3 heterocycles. The van der Waals surface area contributed by atoms with Gasteiger partial charge in [0.1, 0.15) is 17.8 Å². The van der Waals surface area contributed by atoms with E-state index in [0.717, 1.165) is 38.7 Å². The minimum Gasteiger partial charge on any atom is -0.340 e. The second-order valence-corrected chi connectivity index (χ2v) is 6.45. The highest BCUT2D eigenvalue weighted by Gasteiger charge is 2.10. The second-order valence-electron chi connectivity index (χ2n) is 5.36. The van der Waals surface area contributed by atoms with Gasteiger partial charge in [0.05, 0.1) is 5.39 Å². The lowest BCUT2D eigenvalue weighted by atomic mass is 10.2. The molecule has 0 saturated carbocycles. The van der Waals surface area contributed by atoms with Crippen LogP contribution in [0.25, 0.3) is 22.3 Å². The van der Waals surface area contributed by atoms with Crippen LogP contribution in [0.3, 0.4) is 0 Å². The first-order valence-electron chi connectivity index (χ1n) is 7.78. The van der Waals surface area contributed by atoms with Crippen molar-refractivity contribution in [1.82, 2.24) is 24.7 Å². The van der Waals surface area contributed by atoms with Crippen molar-refractivity contribution >= 4 is 34.5 Å². The molecule has 3 N–H and O–H groups in total. The number of aromatic amines is 1. The maximum Gasteiger partial charge on any atom is 0.143 e. The predicted octanol–water partition coefficient (Wildman–Crippen LogP) is 3.99. The number of anilines is 2. The number of nitrogens with one attached hydrogen (secondary N) is 3. The number of rotatable bonds is 5. The van der Waals surface area contributed by atoms with E-state index >= 15 is 0 Å². The van der Waals surface area contributed by atoms with E-state index in [9.17, 15) is 0 Å². The molecule has 0 fully saturated rings. The van der Waals surface area contributed by atoms with Crippen LogP contribution >= 0.6 is 11.9 Å². The van der Waals surface area contributed by atoms with Crippen LogP contribution in [0.5, 0.6) is 0 Å². The van der Waals surface area contributed by atoms with Crippen LogP contribution in [-0.4, -0.2) is 27.0 Å². The summed E-state index contributed by atoms with van der Waals surface area (Å²) < 4.78 is 3.08. The molecule has 0 aliphatic carbocycles. The highest BCUT2D eigenvalue weighted by atomic mass is 32.2. The fourth-order valence-corrected chi connectivity index (χ4v) is 3.19. The molecule has 124 valence electrons. The Morgan fingerprint density at radius 2 is 1.92 bits per heavy atom. The zero-order chi connectivity index (χ0) is 17.1. The monoisotopic (exact) mass is 348 g/mol. The van der Waals surface area contributed by atoms with Crippen LogP contribution in [0, 0.1) is 0 Å². The summed E-state index contributed by atoms with van der Waals surface area (Å²) in [6.45, 7) is 0. The van der Waals surface area contributed by atoms with Crippen LogP contribution < -0.4 is 10.0 Å². The normalized spacial score (nSPS) is 10.9. The Labute approximate surface area is 149 Å². The van der Waals surface area contributed by atoms with E-state index in [4.69, 9.17) is 0 Å². The number of fused-ring (bicyclic) bond motifs is 1. The summed E-state index contributed by atoms with van der Waals surface area (Å²) in [4.78, 5) is 17.3. The van der Waals surface area contributed by atoms with Crippen molar-refractivity contribution in [1.29, 1.82) is 0 Å². The van der Waals surface area contributed by atoms with Crippen LogP contribution in [0.15, 0.2) is 66.1 Å². The Morgan fingerprint density at radius 1 is 1.04 bits per heavy atom. The second kappa shape index (κ2) is 6.92. The van der Waals surface area contributed by atoms with E-state index in [-0.39, 0.29) is 0 Å². The van der Waals surface area contributed by atoms with Gasteiger partial charge in [0.25, 0.3) is 0 Å². The molecule has 25 heavy (non-hydrogen) atoms. The summed E-state index contributed by atoms with van der Waals surface area (Å²) in [5.41, 5.74) is 3.82. The predicted molar refractivity (Wildman–Crippen MR) is 102 cm³/mol. The smallest absolute Gasteiger partial charge is 0.143 e. The molecule has 4 aromatic rings. The zero-order valence-electron chi connectivity index (χ0n) is 13.5. The Hall–Kier alpha value is -2.90. The summed E-state index contributed by atoms with van der Waals surface area (Å²) in [6.07, 6.45) is 5.11. The molecule has 0 aliphatic rings. The Kier molecular flexibility index (Phi) is 4.32. The zero-order valence-corrected chi connectivity index (χ0v) is 14.3. The molecule has 4 rings (SSSR count). The largest absolute Gasteiger partial charge is 0.340 e.